The van der Waals surface area contributed by atoms with Crippen molar-refractivity contribution in [3.8, 4) is 11.8 Å². The first-order valence-electron chi connectivity index (χ1n) is 31.9. The molecule has 23 nitrogen and oxygen atoms in total. The van der Waals surface area contributed by atoms with Crippen LogP contribution in [0, 0.1) is 22.7 Å². The van der Waals surface area contributed by atoms with Gasteiger partial charge in [-0.25, -0.2) is 0 Å². The van der Waals surface area contributed by atoms with Gasteiger partial charge >= 0.3 is 17.9 Å². The molecule has 2 unspecified atom stereocenters. The van der Waals surface area contributed by atoms with E-state index in [0.717, 1.165) is 63.4 Å². The lowest BCUT2D eigenvalue weighted by Gasteiger charge is -2.33. The van der Waals surface area contributed by atoms with Gasteiger partial charge in [0.05, 0.1) is 32.8 Å². The fourth-order valence-electron chi connectivity index (χ4n) is 10.3. The molecule has 1 aromatic rings. The molecule has 2 rings (SSSR count). The molecule has 2 atom stereocenters. The number of carboxylic acid groups (broad SMARTS) is 3. The summed E-state index contributed by atoms with van der Waals surface area (Å²) in [7, 11) is 0. The molecule has 88 heavy (non-hydrogen) atoms. The van der Waals surface area contributed by atoms with Crippen molar-refractivity contribution in [3.05, 3.63) is 23.3 Å². The highest BCUT2D eigenvalue weighted by Gasteiger charge is 2.35. The van der Waals surface area contributed by atoms with Gasteiger partial charge in [-0.15, -0.1) is 11.8 Å². The van der Waals surface area contributed by atoms with E-state index in [2.05, 4.69) is 51.8 Å². The standard InChI is InChI=1S/C64H111N7O16S/c1-11-18-45(2)63(7,8)70-50(60(83)84)44-88-64(9,10)48-41-54(75)71(59(48)82)34-27-52(73)65-32-16-35-85-37-39-87-40-38-86-36-17-33-67-58(81)49(25-26-55(76)77)69-53(74)20-15-31-66-57(80)47-23-21-46(22-24-47)43-68-51(72)19-13-12-14-28-61(3,4)29-30-62(5,6)42-56(78)79/h18,41,46-47,49-50,70,75,82H,11-17,19-40,42-44H2,1-10H3,(H,65,73)(H,66,80)(H,67,81)(H,68,72)(H,69,74)(H,76,77)(H,78,79)(H,83,84). The lowest BCUT2D eigenvalue weighted by molar-refractivity contribution is -0.140. The average molecular weight is 1270 g/mol. The number of hydrogen-bond acceptors (Lipinski definition) is 15. The van der Waals surface area contributed by atoms with Crippen LogP contribution in [0.15, 0.2) is 17.7 Å². The van der Waals surface area contributed by atoms with Crippen molar-refractivity contribution in [1.82, 2.24) is 36.5 Å². The molecular formula is C64H111N7O16S. The Bertz CT molecular complexity index is 2350. The van der Waals surface area contributed by atoms with E-state index in [1.807, 2.05) is 55.4 Å². The summed E-state index contributed by atoms with van der Waals surface area (Å²) >= 11 is 1.34. The normalized spacial score (nSPS) is 15.7. The maximum Gasteiger partial charge on any atom is 0.321 e. The van der Waals surface area contributed by atoms with Gasteiger partial charge < -0.3 is 66.3 Å². The summed E-state index contributed by atoms with van der Waals surface area (Å²) < 4.78 is 17.2. The van der Waals surface area contributed by atoms with Crippen LogP contribution in [0.3, 0.4) is 0 Å². The van der Waals surface area contributed by atoms with Gasteiger partial charge in [-0.2, -0.15) is 0 Å². The Balaban J connectivity index is 1.53. The van der Waals surface area contributed by atoms with Crippen molar-refractivity contribution in [2.24, 2.45) is 22.7 Å². The van der Waals surface area contributed by atoms with Gasteiger partial charge in [0.15, 0.2) is 11.8 Å². The third-order valence-electron chi connectivity index (χ3n) is 16.3. The summed E-state index contributed by atoms with van der Waals surface area (Å²) in [6.45, 7) is 23.5. The van der Waals surface area contributed by atoms with E-state index in [4.69, 9.17) is 19.3 Å². The summed E-state index contributed by atoms with van der Waals surface area (Å²) in [5.41, 5.74) is 0.803. The molecule has 1 aliphatic carbocycles. The number of nitrogens with zero attached hydrogens (tertiary/aromatic N) is 1. The van der Waals surface area contributed by atoms with Crippen molar-refractivity contribution in [1.29, 1.82) is 0 Å². The fourth-order valence-corrected chi connectivity index (χ4v) is 11.5. The third kappa shape index (κ3) is 33.4. The number of aromatic nitrogens is 1. The molecule has 0 saturated heterocycles. The van der Waals surface area contributed by atoms with Gasteiger partial charge in [0.25, 0.3) is 0 Å². The summed E-state index contributed by atoms with van der Waals surface area (Å²) in [4.78, 5) is 98.5. The molecule has 0 spiro atoms. The first-order valence-corrected chi connectivity index (χ1v) is 32.9. The molecular weight excluding hydrogens is 1150 g/mol. The molecule has 5 amide bonds. The Morgan fingerprint density at radius 2 is 1.23 bits per heavy atom. The number of rotatable bonds is 49. The molecule has 1 aromatic heterocycles. The van der Waals surface area contributed by atoms with Crippen molar-refractivity contribution in [2.75, 3.05) is 71.6 Å². The SMILES string of the molecule is CCC=C(C)C(C)(C)NC(CSC(C)(C)c1cc(O)n(CCC(=O)NCCCOCCOCCOCCCNC(=O)C(CCC(=O)O)NC(=O)CCCNC(=O)C2CCC(CNC(=O)CCCCCC(C)(C)CCC(C)(C)CC(=O)O)CC2)c1O)C(=O)O. The molecule has 1 saturated carbocycles. The van der Waals surface area contributed by atoms with Gasteiger partial charge in [-0.05, 0) is 135 Å². The molecule has 0 bridgehead atoms. The van der Waals surface area contributed by atoms with E-state index in [0.29, 0.717) is 103 Å². The van der Waals surface area contributed by atoms with Crippen LogP contribution in [0.1, 0.15) is 203 Å². The fraction of sp³-hybridized carbons (Fsp3) is 0.781. The van der Waals surface area contributed by atoms with E-state index in [9.17, 15) is 58.8 Å². The summed E-state index contributed by atoms with van der Waals surface area (Å²) in [5.74, 6) is -4.10. The molecule has 11 N–H and O–H groups in total. The van der Waals surface area contributed by atoms with E-state index in [-0.39, 0.29) is 104 Å². The number of unbranched alkanes of at least 4 members (excludes halogenated alkanes) is 2. The number of carbonyl (C=O) groups excluding carboxylic acids is 5. The Labute approximate surface area is 527 Å². The Morgan fingerprint density at radius 3 is 1.83 bits per heavy atom. The second-order valence-electron chi connectivity index (χ2n) is 26.0. The Hall–Kier alpha value is -5.43. The largest absolute Gasteiger partial charge is 0.494 e. The summed E-state index contributed by atoms with van der Waals surface area (Å²) in [6, 6.07) is -0.468. The first-order chi connectivity index (χ1) is 41.4. The number of amides is 5. The predicted molar refractivity (Wildman–Crippen MR) is 340 cm³/mol. The molecule has 24 heteroatoms. The second kappa shape index (κ2) is 41.1. The molecule has 1 heterocycles. The van der Waals surface area contributed by atoms with E-state index < -0.39 is 52.1 Å². The maximum atomic E-state index is 13.0. The zero-order valence-electron chi connectivity index (χ0n) is 54.7. The van der Waals surface area contributed by atoms with Gasteiger partial charge in [-0.3, -0.25) is 48.2 Å². The zero-order valence-corrected chi connectivity index (χ0v) is 55.5. The van der Waals surface area contributed by atoms with Crippen molar-refractivity contribution < 1.29 is 78.1 Å². The van der Waals surface area contributed by atoms with Crippen LogP contribution in [0.2, 0.25) is 0 Å². The monoisotopic (exact) mass is 1270 g/mol. The topological polar surface area (TPSA) is 343 Å². The number of aromatic hydroxyl groups is 2. The van der Waals surface area contributed by atoms with Crippen LogP contribution in [0.25, 0.3) is 0 Å². The highest BCUT2D eigenvalue weighted by molar-refractivity contribution is 8.00. The second-order valence-corrected chi connectivity index (χ2v) is 27.7. The van der Waals surface area contributed by atoms with E-state index >= 15 is 0 Å². The van der Waals surface area contributed by atoms with Gasteiger partial charge in [0.2, 0.25) is 29.5 Å². The molecule has 1 fully saturated rings. The summed E-state index contributed by atoms with van der Waals surface area (Å²) in [5, 5.41) is 67.6. The van der Waals surface area contributed by atoms with Crippen LogP contribution in [-0.4, -0.2) is 167 Å². The molecule has 0 radical (unpaired) electrons. The number of carbonyl (C=O) groups is 8. The Kier molecular flexibility index (Phi) is 36.7. The molecule has 0 aliphatic heterocycles. The van der Waals surface area contributed by atoms with Crippen molar-refractivity contribution in [2.45, 2.75) is 227 Å². The smallest absolute Gasteiger partial charge is 0.321 e. The quantitative estimate of drug-likeness (QED) is 0.0218. The van der Waals surface area contributed by atoms with E-state index in [1.165, 1.54) is 22.4 Å². The highest BCUT2D eigenvalue weighted by Crippen LogP contribution is 2.44. The number of allylic oxidation sites excluding steroid dienone is 1. The van der Waals surface area contributed by atoms with Crippen LogP contribution >= 0.6 is 11.8 Å². The highest BCUT2D eigenvalue weighted by atomic mass is 32.2. The minimum atomic E-state index is -1.10. The van der Waals surface area contributed by atoms with Crippen molar-refractivity contribution in [3.63, 3.8) is 0 Å². The lowest BCUT2D eigenvalue weighted by Crippen LogP contribution is -2.51. The van der Waals surface area contributed by atoms with Gasteiger partial charge in [0, 0.05) is 105 Å². The number of carboxylic acids is 3. The maximum absolute atomic E-state index is 13.0. The zero-order chi connectivity index (χ0) is 65.9. The van der Waals surface area contributed by atoms with Gasteiger partial charge in [-0.1, -0.05) is 59.1 Å². The van der Waals surface area contributed by atoms with Crippen LogP contribution in [-0.2, 0) is 63.9 Å². The average Bonchev–Trinajstić information content (AvgIpc) is 2.51. The minimum absolute atomic E-state index is 0.000723. The number of thioether (sulfide) groups is 1. The summed E-state index contributed by atoms with van der Waals surface area (Å²) in [6.07, 6.45) is 13.3. The number of aliphatic carboxylic acids is 3. The number of nitrogens with one attached hydrogen (secondary N) is 6. The third-order valence-corrected chi connectivity index (χ3v) is 17.8. The van der Waals surface area contributed by atoms with Crippen molar-refractivity contribution >= 4 is 59.2 Å². The lowest BCUT2D eigenvalue weighted by atomic mass is 9.75. The molecule has 0 aromatic carbocycles. The number of ether oxygens (including phenoxy) is 3. The minimum Gasteiger partial charge on any atom is -0.494 e. The van der Waals surface area contributed by atoms with Crippen LogP contribution in [0.4, 0.5) is 0 Å². The molecule has 504 valence electrons. The Morgan fingerprint density at radius 1 is 0.648 bits per heavy atom. The van der Waals surface area contributed by atoms with Crippen LogP contribution < -0.4 is 31.9 Å². The molecule has 1 aliphatic rings. The van der Waals surface area contributed by atoms with E-state index in [1.54, 1.807) is 0 Å². The number of hydrogen-bond donors (Lipinski definition) is 11. The first kappa shape index (κ1) is 78.7. The van der Waals surface area contributed by atoms with Crippen LogP contribution in [0.5, 0.6) is 11.8 Å². The predicted octanol–water partition coefficient (Wildman–Crippen LogP) is 7.92. The van der Waals surface area contributed by atoms with Gasteiger partial charge in [0.1, 0.15) is 12.1 Å².